The fourth-order valence-corrected chi connectivity index (χ4v) is 1.74. The molecule has 0 aromatic heterocycles. The summed E-state index contributed by atoms with van der Waals surface area (Å²) in [4.78, 5) is 11.8. The number of amides is 1. The monoisotopic (exact) mass is 249 g/mol. The Morgan fingerprint density at radius 3 is 2.65 bits per heavy atom. The summed E-state index contributed by atoms with van der Waals surface area (Å²) in [6, 6.07) is 7.55. The second-order valence-electron chi connectivity index (χ2n) is 3.62. The molecule has 0 spiro atoms. The molecule has 3 heteroatoms. The van der Waals surface area contributed by atoms with Crippen LogP contribution in [0.15, 0.2) is 49.6 Å². The summed E-state index contributed by atoms with van der Waals surface area (Å²) in [6.07, 6.45) is 5.19. The van der Waals surface area contributed by atoms with Crippen LogP contribution in [-0.2, 0) is 11.2 Å². The summed E-state index contributed by atoms with van der Waals surface area (Å²) in [5, 5.41) is 0. The van der Waals surface area contributed by atoms with Crippen LogP contribution in [0.2, 0.25) is 0 Å². The van der Waals surface area contributed by atoms with Crippen LogP contribution in [0.3, 0.4) is 0 Å². The quantitative estimate of drug-likeness (QED) is 0.554. The molecule has 0 atom stereocenters. The molecule has 2 nitrogen and oxygen atoms in total. The smallest absolute Gasteiger partial charge is 0.241 e. The summed E-state index contributed by atoms with van der Waals surface area (Å²) in [6.45, 7) is 7.28. The molecule has 1 aromatic carbocycles. The number of hydrogen-bond acceptors (Lipinski definition) is 1. The Morgan fingerprint density at radius 1 is 1.29 bits per heavy atom. The van der Waals surface area contributed by atoms with Gasteiger partial charge in [0.05, 0.1) is 5.69 Å². The van der Waals surface area contributed by atoms with Gasteiger partial charge in [-0.2, -0.15) is 0 Å². The minimum Gasteiger partial charge on any atom is -0.273 e. The van der Waals surface area contributed by atoms with Gasteiger partial charge in [-0.15, -0.1) is 13.2 Å². The Morgan fingerprint density at radius 2 is 2.00 bits per heavy atom. The highest BCUT2D eigenvalue weighted by Gasteiger charge is 2.14. The largest absolute Gasteiger partial charge is 0.273 e. The van der Waals surface area contributed by atoms with Gasteiger partial charge in [-0.1, -0.05) is 30.4 Å². The average molecular weight is 250 g/mol. The van der Waals surface area contributed by atoms with Crippen LogP contribution in [0.5, 0.6) is 0 Å². The summed E-state index contributed by atoms with van der Waals surface area (Å²) in [5.41, 5.74) is 1.72. The second-order valence-corrected chi connectivity index (χ2v) is 3.96. The average Bonchev–Trinajstić information content (AvgIpc) is 2.36. The third-order valence-electron chi connectivity index (χ3n) is 2.35. The lowest BCUT2D eigenvalue weighted by molar-refractivity contribution is -0.117. The molecule has 0 fully saturated rings. The maximum atomic E-state index is 11.8. The number of nitrogens with zero attached hydrogens (tertiary/aromatic N) is 1. The Bertz CT molecular complexity index is 414. The van der Waals surface area contributed by atoms with E-state index in [-0.39, 0.29) is 5.91 Å². The summed E-state index contributed by atoms with van der Waals surface area (Å²) < 4.78 is 1.18. The van der Waals surface area contributed by atoms with E-state index in [4.69, 9.17) is 11.8 Å². The van der Waals surface area contributed by atoms with E-state index in [0.29, 0.717) is 19.3 Å². The minimum absolute atomic E-state index is 0.122. The van der Waals surface area contributed by atoms with Gasteiger partial charge in [0, 0.05) is 18.2 Å². The summed E-state index contributed by atoms with van der Waals surface area (Å²) >= 11 is 6.05. The van der Waals surface area contributed by atoms with Crippen molar-refractivity contribution in [2.24, 2.45) is 0 Å². The van der Waals surface area contributed by atoms with Crippen molar-refractivity contribution in [3.63, 3.8) is 0 Å². The van der Waals surface area contributed by atoms with Crippen LogP contribution in [-0.4, -0.2) is 5.91 Å². The number of anilines is 1. The minimum atomic E-state index is -0.122. The number of hydrogen-bond donors (Lipinski definition) is 0. The van der Waals surface area contributed by atoms with Crippen molar-refractivity contribution in [3.05, 3.63) is 55.1 Å². The first-order chi connectivity index (χ1) is 8.20. The van der Waals surface area contributed by atoms with E-state index in [0.717, 1.165) is 11.3 Å². The highest BCUT2D eigenvalue weighted by atomic mass is 35.5. The van der Waals surface area contributed by atoms with E-state index in [1.54, 1.807) is 12.2 Å². The van der Waals surface area contributed by atoms with E-state index in [9.17, 15) is 4.79 Å². The second kappa shape index (κ2) is 6.92. The zero-order valence-electron chi connectivity index (χ0n) is 9.73. The molecular formula is C14H16ClNO. The third-order valence-corrected chi connectivity index (χ3v) is 2.72. The van der Waals surface area contributed by atoms with E-state index < -0.39 is 0 Å². The Labute approximate surface area is 107 Å². The molecule has 0 radical (unpaired) electrons. The van der Waals surface area contributed by atoms with Gasteiger partial charge in [-0.05, 0) is 24.5 Å². The maximum absolute atomic E-state index is 11.8. The molecule has 0 saturated heterocycles. The normalized spacial score (nSPS) is 9.71. The van der Waals surface area contributed by atoms with Crippen molar-refractivity contribution in [1.29, 1.82) is 0 Å². The highest BCUT2D eigenvalue weighted by Crippen LogP contribution is 2.24. The summed E-state index contributed by atoms with van der Waals surface area (Å²) in [5.74, 6) is -0.122. The number of allylic oxidation sites excluding steroid dienone is 2. The lowest BCUT2D eigenvalue weighted by Gasteiger charge is -2.16. The van der Waals surface area contributed by atoms with Gasteiger partial charge in [0.2, 0.25) is 5.91 Å². The molecule has 17 heavy (non-hydrogen) atoms. The number of rotatable bonds is 6. The lowest BCUT2D eigenvalue weighted by atomic mass is 10.1. The molecule has 0 aliphatic heterocycles. The first kappa shape index (κ1) is 13.5. The van der Waals surface area contributed by atoms with Crippen molar-refractivity contribution in [2.45, 2.75) is 19.3 Å². The number of benzene rings is 1. The van der Waals surface area contributed by atoms with Crippen LogP contribution in [0.4, 0.5) is 5.69 Å². The van der Waals surface area contributed by atoms with Crippen LogP contribution in [0, 0.1) is 0 Å². The molecule has 0 bridgehead atoms. The predicted molar refractivity (Wildman–Crippen MR) is 73.1 cm³/mol. The third kappa shape index (κ3) is 3.75. The fourth-order valence-electron chi connectivity index (χ4n) is 1.49. The standard InChI is InChI=1S/C14H16ClNO/c1-3-5-11-14(17)16(15)13-10-7-6-9-12(13)8-4-2/h3-4,6-7,9-10H,1-2,5,8,11H2. The molecule has 0 N–H and O–H groups in total. The van der Waals surface area contributed by atoms with Crippen molar-refractivity contribution in [3.8, 4) is 0 Å². The Hall–Kier alpha value is -1.54. The SMILES string of the molecule is C=CCCC(=O)N(Cl)c1ccccc1CC=C. The van der Waals surface area contributed by atoms with Gasteiger partial charge in [-0.3, -0.25) is 4.79 Å². The molecule has 90 valence electrons. The van der Waals surface area contributed by atoms with Gasteiger partial charge >= 0.3 is 0 Å². The lowest BCUT2D eigenvalue weighted by Crippen LogP contribution is -2.21. The van der Waals surface area contributed by atoms with Crippen LogP contribution in [0.1, 0.15) is 18.4 Å². The van der Waals surface area contributed by atoms with Gasteiger partial charge in [0.1, 0.15) is 0 Å². The molecule has 1 amide bonds. The van der Waals surface area contributed by atoms with E-state index in [2.05, 4.69) is 13.2 Å². The number of para-hydroxylation sites is 1. The van der Waals surface area contributed by atoms with Crippen LogP contribution in [0.25, 0.3) is 0 Å². The number of carbonyl (C=O) groups is 1. The van der Waals surface area contributed by atoms with Gasteiger partial charge in [0.25, 0.3) is 0 Å². The molecule has 0 aliphatic rings. The molecule has 0 saturated carbocycles. The molecule has 0 unspecified atom stereocenters. The first-order valence-electron chi connectivity index (χ1n) is 5.49. The van der Waals surface area contributed by atoms with Crippen molar-refractivity contribution in [2.75, 3.05) is 4.42 Å². The zero-order valence-corrected chi connectivity index (χ0v) is 10.5. The number of halogens is 1. The van der Waals surface area contributed by atoms with Crippen LogP contribution < -0.4 is 4.42 Å². The topological polar surface area (TPSA) is 20.3 Å². The Kier molecular flexibility index (Phi) is 5.50. The summed E-state index contributed by atoms with van der Waals surface area (Å²) in [7, 11) is 0. The molecule has 0 aliphatic carbocycles. The van der Waals surface area contributed by atoms with E-state index in [1.165, 1.54) is 4.42 Å². The number of carbonyl (C=O) groups excluding carboxylic acids is 1. The first-order valence-corrected chi connectivity index (χ1v) is 5.83. The van der Waals surface area contributed by atoms with Crippen molar-refractivity contribution < 1.29 is 4.79 Å². The van der Waals surface area contributed by atoms with E-state index >= 15 is 0 Å². The zero-order chi connectivity index (χ0) is 12.7. The van der Waals surface area contributed by atoms with Crippen molar-refractivity contribution >= 4 is 23.4 Å². The van der Waals surface area contributed by atoms with Gasteiger partial charge in [0.15, 0.2) is 0 Å². The van der Waals surface area contributed by atoms with Gasteiger partial charge in [-0.25, -0.2) is 4.42 Å². The molecule has 1 rings (SSSR count). The van der Waals surface area contributed by atoms with Crippen LogP contribution >= 0.6 is 11.8 Å². The molecule has 1 aromatic rings. The Balaban J connectivity index is 2.86. The predicted octanol–water partition coefficient (Wildman–Crippen LogP) is 3.87. The maximum Gasteiger partial charge on any atom is 0.241 e. The van der Waals surface area contributed by atoms with Gasteiger partial charge < -0.3 is 0 Å². The van der Waals surface area contributed by atoms with Crippen molar-refractivity contribution in [1.82, 2.24) is 0 Å². The molecule has 0 heterocycles. The molecular weight excluding hydrogens is 234 g/mol. The fraction of sp³-hybridized carbons (Fsp3) is 0.214. The highest BCUT2D eigenvalue weighted by molar-refractivity contribution is 6.36. The van der Waals surface area contributed by atoms with E-state index in [1.807, 2.05) is 24.3 Å².